The molecule has 0 aliphatic heterocycles. The van der Waals surface area contributed by atoms with Crippen LogP contribution in [0.4, 0.5) is 0 Å². The Kier molecular flexibility index (Phi) is 7.29. The van der Waals surface area contributed by atoms with Crippen LogP contribution in [0, 0.1) is 0 Å². The second kappa shape index (κ2) is 9.45. The monoisotopic (exact) mass is 360 g/mol. The van der Waals surface area contributed by atoms with Crippen LogP contribution in [0.5, 0.6) is 0 Å². The lowest BCUT2D eigenvalue weighted by atomic mass is 10.0. The van der Waals surface area contributed by atoms with Gasteiger partial charge in [0, 0.05) is 15.6 Å². The lowest BCUT2D eigenvalue weighted by Crippen LogP contribution is -1.84. The molecule has 0 atom stereocenters. The van der Waals surface area contributed by atoms with Crippen LogP contribution in [0.2, 0.25) is 10.0 Å². The van der Waals surface area contributed by atoms with Gasteiger partial charge in [-0.1, -0.05) is 77.8 Å². The fourth-order valence-electron chi connectivity index (χ4n) is 2.16. The van der Waals surface area contributed by atoms with E-state index >= 15 is 0 Å². The minimum Gasteiger partial charge on any atom is -0.392 e. The number of aliphatic hydroxyl groups excluding tert-OH is 2. The minimum atomic E-state index is -0.113. The Labute approximate surface area is 151 Å². The molecule has 2 nitrogen and oxygen atoms in total. The van der Waals surface area contributed by atoms with Crippen molar-refractivity contribution in [1.82, 2.24) is 0 Å². The molecule has 2 N–H and O–H groups in total. The van der Waals surface area contributed by atoms with Crippen LogP contribution in [0.25, 0.3) is 11.1 Å². The number of halogens is 2. The summed E-state index contributed by atoms with van der Waals surface area (Å²) < 4.78 is 0. The van der Waals surface area contributed by atoms with Crippen LogP contribution in [0.15, 0.2) is 72.8 Å². The Bertz CT molecular complexity index is 753. The van der Waals surface area contributed by atoms with Gasteiger partial charge in [-0.25, -0.2) is 0 Å². The standard InChI is InChI=1S/C13H12O.C7H6Cl2O/c14-10-11-5-4-8-13(9-11)12-6-2-1-3-7-12;8-6-2-1-3-7(9)5(6)4-10/h1-9,14H,10H2;1-3,10H,4H2. The number of benzene rings is 3. The highest BCUT2D eigenvalue weighted by atomic mass is 35.5. The molecule has 0 unspecified atom stereocenters. The third-order valence-electron chi connectivity index (χ3n) is 3.44. The van der Waals surface area contributed by atoms with Crippen LogP contribution < -0.4 is 0 Å². The molecule has 0 saturated carbocycles. The van der Waals surface area contributed by atoms with E-state index in [9.17, 15) is 0 Å². The summed E-state index contributed by atoms with van der Waals surface area (Å²) in [6.07, 6.45) is 0. The Balaban J connectivity index is 0.000000185. The van der Waals surface area contributed by atoms with Gasteiger partial charge in [0.05, 0.1) is 13.2 Å². The summed E-state index contributed by atoms with van der Waals surface area (Å²) in [5.74, 6) is 0. The molecule has 0 fully saturated rings. The van der Waals surface area contributed by atoms with Crippen molar-refractivity contribution in [2.75, 3.05) is 0 Å². The van der Waals surface area contributed by atoms with Crippen molar-refractivity contribution >= 4 is 23.2 Å². The molecule has 0 amide bonds. The van der Waals surface area contributed by atoms with Gasteiger partial charge in [-0.15, -0.1) is 0 Å². The number of hydrogen-bond acceptors (Lipinski definition) is 2. The first-order valence-corrected chi connectivity index (χ1v) is 8.20. The van der Waals surface area contributed by atoms with E-state index in [0.717, 1.165) is 11.1 Å². The molecule has 0 aromatic heterocycles. The van der Waals surface area contributed by atoms with E-state index in [2.05, 4.69) is 18.2 Å². The Morgan fingerprint density at radius 1 is 0.625 bits per heavy atom. The molecule has 0 radical (unpaired) electrons. The summed E-state index contributed by atoms with van der Waals surface area (Å²) in [4.78, 5) is 0. The Morgan fingerprint density at radius 2 is 1.21 bits per heavy atom. The minimum absolute atomic E-state index is 0.0979. The molecule has 0 heterocycles. The maximum atomic E-state index is 9.01. The summed E-state index contributed by atoms with van der Waals surface area (Å²) in [5, 5.41) is 18.8. The van der Waals surface area contributed by atoms with E-state index in [1.165, 1.54) is 5.56 Å². The van der Waals surface area contributed by atoms with Crippen molar-refractivity contribution in [3.63, 3.8) is 0 Å². The van der Waals surface area contributed by atoms with Gasteiger partial charge in [-0.05, 0) is 34.9 Å². The van der Waals surface area contributed by atoms with Gasteiger partial charge < -0.3 is 10.2 Å². The molecule has 0 spiro atoms. The molecule has 0 saturated heterocycles. The highest BCUT2D eigenvalue weighted by Crippen LogP contribution is 2.23. The van der Waals surface area contributed by atoms with Crippen molar-refractivity contribution in [1.29, 1.82) is 0 Å². The molecule has 3 aromatic carbocycles. The molecule has 3 aromatic rings. The third-order valence-corrected chi connectivity index (χ3v) is 4.14. The number of rotatable bonds is 3. The van der Waals surface area contributed by atoms with Crippen molar-refractivity contribution < 1.29 is 10.2 Å². The quantitative estimate of drug-likeness (QED) is 0.662. The summed E-state index contributed by atoms with van der Waals surface area (Å²) >= 11 is 11.4. The largest absolute Gasteiger partial charge is 0.392 e. The molecule has 124 valence electrons. The average molecular weight is 361 g/mol. The first-order chi connectivity index (χ1) is 11.7. The van der Waals surface area contributed by atoms with Crippen molar-refractivity contribution in [3.05, 3.63) is 94.0 Å². The van der Waals surface area contributed by atoms with Crippen LogP contribution in [0.1, 0.15) is 11.1 Å². The molecule has 0 bridgehead atoms. The van der Waals surface area contributed by atoms with E-state index in [-0.39, 0.29) is 13.2 Å². The maximum absolute atomic E-state index is 9.01. The van der Waals surface area contributed by atoms with E-state index in [1.54, 1.807) is 18.2 Å². The fraction of sp³-hybridized carbons (Fsp3) is 0.100. The topological polar surface area (TPSA) is 40.5 Å². The predicted octanol–water partition coefficient (Wildman–Crippen LogP) is 5.33. The van der Waals surface area contributed by atoms with Gasteiger partial charge in [-0.3, -0.25) is 0 Å². The van der Waals surface area contributed by atoms with Gasteiger partial charge in [-0.2, -0.15) is 0 Å². The smallest absolute Gasteiger partial charge is 0.0711 e. The summed E-state index contributed by atoms with van der Waals surface area (Å²) in [6, 6.07) is 23.2. The highest BCUT2D eigenvalue weighted by molar-refractivity contribution is 6.35. The lowest BCUT2D eigenvalue weighted by molar-refractivity contribution is 0.281. The van der Waals surface area contributed by atoms with Crippen molar-refractivity contribution in [2.24, 2.45) is 0 Å². The first kappa shape index (κ1) is 18.5. The first-order valence-electron chi connectivity index (χ1n) is 7.44. The molecule has 24 heavy (non-hydrogen) atoms. The van der Waals surface area contributed by atoms with E-state index in [4.69, 9.17) is 33.4 Å². The zero-order valence-corrected chi connectivity index (χ0v) is 14.5. The zero-order valence-electron chi connectivity index (χ0n) is 13.0. The van der Waals surface area contributed by atoms with Crippen molar-refractivity contribution in [3.8, 4) is 11.1 Å². The lowest BCUT2D eigenvalue weighted by Gasteiger charge is -2.02. The Hall–Kier alpha value is -1.84. The third kappa shape index (κ3) is 5.08. The van der Waals surface area contributed by atoms with Gasteiger partial charge in [0.15, 0.2) is 0 Å². The molecule has 3 rings (SSSR count). The van der Waals surface area contributed by atoms with Gasteiger partial charge in [0.2, 0.25) is 0 Å². The van der Waals surface area contributed by atoms with E-state index < -0.39 is 0 Å². The highest BCUT2D eigenvalue weighted by Gasteiger charge is 2.01. The van der Waals surface area contributed by atoms with Crippen LogP contribution in [-0.4, -0.2) is 10.2 Å². The molecular weight excluding hydrogens is 343 g/mol. The predicted molar refractivity (Wildman–Crippen MR) is 100 cm³/mol. The SMILES string of the molecule is OCc1c(Cl)cccc1Cl.OCc1cccc(-c2ccccc2)c1. The average Bonchev–Trinajstić information content (AvgIpc) is 2.63. The second-order valence-electron chi connectivity index (χ2n) is 5.08. The number of aliphatic hydroxyl groups is 2. The zero-order chi connectivity index (χ0) is 17.4. The normalized spacial score (nSPS) is 10.0. The summed E-state index contributed by atoms with van der Waals surface area (Å²) in [5.41, 5.74) is 3.87. The molecule has 0 aliphatic carbocycles. The fourth-order valence-corrected chi connectivity index (χ4v) is 2.68. The van der Waals surface area contributed by atoms with Gasteiger partial charge in [0.1, 0.15) is 0 Å². The van der Waals surface area contributed by atoms with Crippen LogP contribution >= 0.6 is 23.2 Å². The van der Waals surface area contributed by atoms with Crippen LogP contribution in [0.3, 0.4) is 0 Å². The summed E-state index contributed by atoms with van der Waals surface area (Å²) in [6.45, 7) is -0.0147. The van der Waals surface area contributed by atoms with E-state index in [1.807, 2.05) is 36.4 Å². The van der Waals surface area contributed by atoms with E-state index in [0.29, 0.717) is 15.6 Å². The van der Waals surface area contributed by atoms with Crippen molar-refractivity contribution in [2.45, 2.75) is 13.2 Å². The summed E-state index contributed by atoms with van der Waals surface area (Å²) in [7, 11) is 0. The maximum Gasteiger partial charge on any atom is 0.0711 e. The number of hydrogen-bond donors (Lipinski definition) is 2. The van der Waals surface area contributed by atoms with Gasteiger partial charge in [0.25, 0.3) is 0 Å². The second-order valence-corrected chi connectivity index (χ2v) is 5.90. The molecular formula is C20H18Cl2O2. The Morgan fingerprint density at radius 3 is 1.75 bits per heavy atom. The van der Waals surface area contributed by atoms with Crippen LogP contribution in [-0.2, 0) is 13.2 Å². The molecule has 0 aliphatic rings. The molecule has 4 heteroatoms. The van der Waals surface area contributed by atoms with Gasteiger partial charge >= 0.3 is 0 Å².